The van der Waals surface area contributed by atoms with Crippen LogP contribution in [0.2, 0.25) is 0 Å². The van der Waals surface area contributed by atoms with Gasteiger partial charge in [-0.1, -0.05) is 47.8 Å². The molecule has 0 unspecified atom stereocenters. The molecule has 0 N–H and O–H groups in total. The summed E-state index contributed by atoms with van der Waals surface area (Å²) in [4.78, 5) is 17.1. The van der Waals surface area contributed by atoms with E-state index < -0.39 is 16.0 Å². The molecule has 2 aromatic carbocycles. The second-order valence-corrected chi connectivity index (χ2v) is 10.1. The molecule has 180 valence electrons. The molecule has 3 aromatic rings. The highest BCUT2D eigenvalue weighted by Crippen LogP contribution is 2.27. The van der Waals surface area contributed by atoms with Crippen LogP contribution in [-0.4, -0.2) is 49.0 Å². The van der Waals surface area contributed by atoms with Crippen LogP contribution < -0.4 is 4.74 Å². The molecule has 0 radical (unpaired) electrons. The first-order valence-electron chi connectivity index (χ1n) is 11.1. The number of ether oxygens (including phenoxy) is 2. The minimum atomic E-state index is -3.73. The number of carbonyl (C=O) groups is 1. The van der Waals surface area contributed by atoms with Crippen LogP contribution in [0.15, 0.2) is 51.9 Å². The Bertz CT molecular complexity index is 1250. The van der Waals surface area contributed by atoms with Gasteiger partial charge in [-0.05, 0) is 38.0 Å². The summed E-state index contributed by atoms with van der Waals surface area (Å²) in [5, 5.41) is 3.92. The van der Waals surface area contributed by atoms with Gasteiger partial charge in [-0.3, -0.25) is 0 Å². The largest absolute Gasteiger partial charge is 0.496 e. The lowest BCUT2D eigenvalue weighted by Crippen LogP contribution is -2.32. The summed E-state index contributed by atoms with van der Waals surface area (Å²) in [5.41, 5.74) is 1.90. The molecule has 0 aliphatic carbocycles. The Balaban J connectivity index is 1.50. The van der Waals surface area contributed by atoms with Crippen LogP contribution in [0.25, 0.3) is 11.4 Å². The van der Waals surface area contributed by atoms with Gasteiger partial charge in [0.05, 0.1) is 12.0 Å². The number of aromatic nitrogens is 2. The van der Waals surface area contributed by atoms with E-state index in [1.807, 2.05) is 31.2 Å². The normalized spacial score (nSPS) is 15.0. The number of rotatable bonds is 7. The zero-order chi connectivity index (χ0) is 24.1. The van der Waals surface area contributed by atoms with Gasteiger partial charge in [-0.25, -0.2) is 13.2 Å². The van der Waals surface area contributed by atoms with E-state index in [0.717, 1.165) is 36.8 Å². The highest BCUT2D eigenvalue weighted by Gasteiger charge is 2.27. The van der Waals surface area contributed by atoms with Crippen molar-refractivity contribution in [3.05, 3.63) is 59.5 Å². The van der Waals surface area contributed by atoms with Crippen molar-refractivity contribution in [1.82, 2.24) is 14.4 Å². The van der Waals surface area contributed by atoms with E-state index in [2.05, 4.69) is 10.1 Å². The van der Waals surface area contributed by atoms with E-state index >= 15 is 0 Å². The van der Waals surface area contributed by atoms with Crippen LogP contribution >= 0.6 is 0 Å². The summed E-state index contributed by atoms with van der Waals surface area (Å²) < 4.78 is 43.6. The van der Waals surface area contributed by atoms with Gasteiger partial charge in [0.2, 0.25) is 15.8 Å². The molecule has 1 fully saturated rings. The summed E-state index contributed by atoms with van der Waals surface area (Å²) >= 11 is 0. The molecule has 2 heterocycles. The molecule has 1 saturated heterocycles. The van der Waals surface area contributed by atoms with Crippen molar-refractivity contribution in [2.75, 3.05) is 20.2 Å². The molecule has 10 heteroatoms. The monoisotopic (exact) mass is 485 g/mol. The number of nitrogens with zero attached hydrogens (tertiary/aromatic N) is 3. The Morgan fingerprint density at radius 1 is 1.06 bits per heavy atom. The molecular weight excluding hydrogens is 458 g/mol. The van der Waals surface area contributed by atoms with Gasteiger partial charge in [-0.15, -0.1) is 0 Å². The van der Waals surface area contributed by atoms with Gasteiger partial charge in [-0.2, -0.15) is 9.29 Å². The molecule has 34 heavy (non-hydrogen) atoms. The summed E-state index contributed by atoms with van der Waals surface area (Å²) in [5.74, 6) is -0.0315. The van der Waals surface area contributed by atoms with Gasteiger partial charge >= 0.3 is 5.97 Å². The molecular formula is C24H27N3O6S. The van der Waals surface area contributed by atoms with Crippen molar-refractivity contribution in [1.29, 1.82) is 0 Å². The van der Waals surface area contributed by atoms with Gasteiger partial charge in [0.15, 0.2) is 6.61 Å². The molecule has 0 atom stereocenters. The lowest BCUT2D eigenvalue weighted by molar-refractivity contribution is 0.0426. The van der Waals surface area contributed by atoms with Gasteiger partial charge in [0.25, 0.3) is 5.89 Å². The third-order valence-corrected chi connectivity index (χ3v) is 7.59. The molecule has 0 bridgehead atoms. The third-order valence-electron chi connectivity index (χ3n) is 5.70. The molecule has 0 saturated carbocycles. The molecule has 4 rings (SSSR count). The average molecular weight is 486 g/mol. The fourth-order valence-electron chi connectivity index (χ4n) is 3.78. The van der Waals surface area contributed by atoms with Gasteiger partial charge < -0.3 is 14.0 Å². The van der Waals surface area contributed by atoms with Crippen molar-refractivity contribution in [2.45, 2.75) is 44.1 Å². The van der Waals surface area contributed by atoms with Crippen LogP contribution in [0.4, 0.5) is 0 Å². The van der Waals surface area contributed by atoms with Crippen molar-refractivity contribution >= 4 is 16.0 Å². The molecule has 0 spiro atoms. The number of carbonyl (C=O) groups excluding carboxylic acids is 1. The maximum Gasteiger partial charge on any atom is 0.342 e. The van der Waals surface area contributed by atoms with E-state index in [4.69, 9.17) is 14.0 Å². The smallest absolute Gasteiger partial charge is 0.342 e. The van der Waals surface area contributed by atoms with E-state index in [1.54, 1.807) is 0 Å². The minimum absolute atomic E-state index is 0.0108. The fraction of sp³-hybridized carbons (Fsp3) is 0.375. The number of hydrogen-bond acceptors (Lipinski definition) is 8. The lowest BCUT2D eigenvalue weighted by Gasteiger charge is -2.20. The maximum atomic E-state index is 13.2. The van der Waals surface area contributed by atoms with E-state index in [-0.39, 0.29) is 28.7 Å². The molecule has 1 aromatic heterocycles. The quantitative estimate of drug-likeness (QED) is 0.462. The first-order valence-corrected chi connectivity index (χ1v) is 12.6. The third kappa shape index (κ3) is 5.28. The van der Waals surface area contributed by atoms with Crippen molar-refractivity contribution in [2.24, 2.45) is 0 Å². The number of benzene rings is 2. The molecule has 9 nitrogen and oxygen atoms in total. The first-order chi connectivity index (χ1) is 16.4. The van der Waals surface area contributed by atoms with Crippen LogP contribution in [-0.2, 0) is 21.4 Å². The zero-order valence-corrected chi connectivity index (χ0v) is 20.0. The number of hydrogen-bond donors (Lipinski definition) is 0. The van der Waals surface area contributed by atoms with E-state index in [1.165, 1.54) is 29.6 Å². The number of sulfonamides is 1. The lowest BCUT2D eigenvalue weighted by atomic mass is 10.1. The SMILES string of the molecule is COc1ccc(S(=O)(=O)N2CCCCCC2)cc1C(=O)OCc1nc(-c2ccc(C)cc2)no1. The average Bonchev–Trinajstić information content (AvgIpc) is 3.14. The number of methoxy groups -OCH3 is 1. The van der Waals surface area contributed by atoms with Crippen LogP contribution in [0.5, 0.6) is 5.75 Å². The molecule has 1 aliphatic heterocycles. The fourth-order valence-corrected chi connectivity index (χ4v) is 5.32. The summed E-state index contributed by atoms with van der Waals surface area (Å²) in [7, 11) is -2.33. The first kappa shape index (κ1) is 23.9. The Kier molecular flexibility index (Phi) is 7.28. The maximum absolute atomic E-state index is 13.2. The topological polar surface area (TPSA) is 112 Å². The van der Waals surface area contributed by atoms with Crippen LogP contribution in [0, 0.1) is 6.92 Å². The second kappa shape index (κ2) is 10.4. The predicted molar refractivity (Wildman–Crippen MR) is 124 cm³/mol. The van der Waals surface area contributed by atoms with E-state index in [9.17, 15) is 13.2 Å². The zero-order valence-electron chi connectivity index (χ0n) is 19.2. The predicted octanol–water partition coefficient (Wildman–Crippen LogP) is 3.98. The summed E-state index contributed by atoms with van der Waals surface area (Å²) in [6.07, 6.45) is 3.65. The number of aryl methyl sites for hydroxylation is 1. The molecule has 1 aliphatic rings. The second-order valence-electron chi connectivity index (χ2n) is 8.13. The van der Waals surface area contributed by atoms with Crippen molar-refractivity contribution < 1.29 is 27.2 Å². The minimum Gasteiger partial charge on any atom is -0.496 e. The van der Waals surface area contributed by atoms with Crippen molar-refractivity contribution in [3.8, 4) is 17.1 Å². The molecule has 0 amide bonds. The highest BCUT2D eigenvalue weighted by molar-refractivity contribution is 7.89. The Labute approximate surface area is 198 Å². The van der Waals surface area contributed by atoms with Crippen molar-refractivity contribution in [3.63, 3.8) is 0 Å². The number of esters is 1. The summed E-state index contributed by atoms with van der Waals surface area (Å²) in [6.45, 7) is 2.65. The van der Waals surface area contributed by atoms with Crippen LogP contribution in [0.3, 0.4) is 0 Å². The Morgan fingerprint density at radius 2 is 1.76 bits per heavy atom. The van der Waals surface area contributed by atoms with Gasteiger partial charge in [0, 0.05) is 18.7 Å². The van der Waals surface area contributed by atoms with Crippen LogP contribution in [0.1, 0.15) is 47.5 Å². The Morgan fingerprint density at radius 3 is 2.44 bits per heavy atom. The Hall–Kier alpha value is -3.24. The van der Waals surface area contributed by atoms with E-state index in [0.29, 0.717) is 18.9 Å². The van der Waals surface area contributed by atoms with Gasteiger partial charge in [0.1, 0.15) is 11.3 Å². The highest BCUT2D eigenvalue weighted by atomic mass is 32.2. The summed E-state index contributed by atoms with van der Waals surface area (Å²) in [6, 6.07) is 11.8. The standard InChI is InChI=1S/C24H27N3O6S/c1-17-7-9-18(10-8-17)23-25-22(33-26-23)16-32-24(28)20-15-19(11-12-21(20)31-2)34(29,30)27-13-5-3-4-6-14-27/h7-12,15H,3-6,13-14,16H2,1-2H3.